The Hall–Kier alpha value is -1.56. The molecule has 1 aromatic carbocycles. The quantitative estimate of drug-likeness (QED) is 0.878. The van der Waals surface area contributed by atoms with Gasteiger partial charge in [-0.3, -0.25) is 4.79 Å². The van der Waals surface area contributed by atoms with Gasteiger partial charge < -0.3 is 10.6 Å². The van der Waals surface area contributed by atoms with E-state index in [1.807, 2.05) is 0 Å². The van der Waals surface area contributed by atoms with Crippen LogP contribution in [0.3, 0.4) is 0 Å². The molecule has 116 valence electrons. The molecule has 2 rings (SSSR count). The van der Waals surface area contributed by atoms with Gasteiger partial charge in [-0.25, -0.2) is 0 Å². The second-order valence-electron chi connectivity index (χ2n) is 5.70. The van der Waals surface area contributed by atoms with Gasteiger partial charge in [0.25, 0.3) is 0 Å². The van der Waals surface area contributed by atoms with Crippen LogP contribution in [0.15, 0.2) is 18.2 Å². The standard InChI is InChI=1S/C15H19F3N2O/c1-10-5-6-11(15(16,17)18)9-12(10)20-13(21)14(2)7-3-4-8-19-14/h5-6,9,19H,3-4,7-8H2,1-2H3,(H,20,21). The van der Waals surface area contributed by atoms with Crippen LogP contribution in [-0.2, 0) is 11.0 Å². The number of carbonyl (C=O) groups excluding carboxylic acids is 1. The van der Waals surface area contributed by atoms with Gasteiger partial charge in [0, 0.05) is 5.69 Å². The van der Waals surface area contributed by atoms with Crippen LogP contribution in [0.4, 0.5) is 18.9 Å². The fourth-order valence-corrected chi connectivity index (χ4v) is 2.44. The van der Waals surface area contributed by atoms with Gasteiger partial charge in [-0.05, 0) is 57.4 Å². The molecule has 1 heterocycles. The van der Waals surface area contributed by atoms with Crippen LogP contribution in [0.25, 0.3) is 0 Å². The summed E-state index contributed by atoms with van der Waals surface area (Å²) in [4.78, 5) is 12.3. The summed E-state index contributed by atoms with van der Waals surface area (Å²) >= 11 is 0. The normalized spacial score (nSPS) is 22.9. The third-order valence-electron chi connectivity index (χ3n) is 3.93. The lowest BCUT2D eigenvalue weighted by molar-refractivity contribution is -0.137. The maximum absolute atomic E-state index is 12.7. The SMILES string of the molecule is Cc1ccc(C(F)(F)F)cc1NC(=O)C1(C)CCCCN1. The number of halogens is 3. The third kappa shape index (κ3) is 3.56. The van der Waals surface area contributed by atoms with E-state index in [4.69, 9.17) is 0 Å². The Morgan fingerprint density at radius 1 is 1.33 bits per heavy atom. The molecule has 1 atom stereocenters. The summed E-state index contributed by atoms with van der Waals surface area (Å²) < 4.78 is 38.2. The second-order valence-corrected chi connectivity index (χ2v) is 5.70. The number of hydrogen-bond acceptors (Lipinski definition) is 2. The summed E-state index contributed by atoms with van der Waals surface area (Å²) in [6.07, 6.45) is -1.80. The lowest BCUT2D eigenvalue weighted by atomic mass is 9.90. The zero-order valence-corrected chi connectivity index (χ0v) is 12.1. The molecule has 1 aromatic rings. The summed E-state index contributed by atoms with van der Waals surface area (Å²) in [5.41, 5.74) is -0.664. The largest absolute Gasteiger partial charge is 0.416 e. The van der Waals surface area contributed by atoms with E-state index in [1.54, 1.807) is 13.8 Å². The van der Waals surface area contributed by atoms with Crippen LogP contribution in [0.5, 0.6) is 0 Å². The van der Waals surface area contributed by atoms with E-state index in [-0.39, 0.29) is 11.6 Å². The summed E-state index contributed by atoms with van der Waals surface area (Å²) in [7, 11) is 0. The average Bonchev–Trinajstić information content (AvgIpc) is 2.40. The van der Waals surface area contributed by atoms with Crippen molar-refractivity contribution in [3.63, 3.8) is 0 Å². The number of alkyl halides is 3. The van der Waals surface area contributed by atoms with Crippen LogP contribution in [0.1, 0.15) is 37.3 Å². The van der Waals surface area contributed by atoms with Crippen LogP contribution in [0.2, 0.25) is 0 Å². The predicted molar refractivity (Wildman–Crippen MR) is 75.1 cm³/mol. The summed E-state index contributed by atoms with van der Waals surface area (Å²) in [6, 6.07) is 3.38. The van der Waals surface area contributed by atoms with E-state index in [2.05, 4.69) is 10.6 Å². The average molecular weight is 300 g/mol. The predicted octanol–water partition coefficient (Wildman–Crippen LogP) is 3.48. The zero-order chi connectivity index (χ0) is 15.7. The highest BCUT2D eigenvalue weighted by Gasteiger charge is 2.35. The van der Waals surface area contributed by atoms with Gasteiger partial charge in [-0.15, -0.1) is 0 Å². The molecule has 1 fully saturated rings. The monoisotopic (exact) mass is 300 g/mol. The van der Waals surface area contributed by atoms with Gasteiger partial charge in [0.15, 0.2) is 0 Å². The van der Waals surface area contributed by atoms with Crippen LogP contribution >= 0.6 is 0 Å². The first-order valence-electron chi connectivity index (χ1n) is 6.97. The van der Waals surface area contributed by atoms with Gasteiger partial charge in [-0.2, -0.15) is 13.2 Å². The first kappa shape index (κ1) is 15.8. The number of anilines is 1. The number of rotatable bonds is 2. The first-order chi connectivity index (χ1) is 9.72. The molecule has 1 aliphatic rings. The minimum absolute atomic E-state index is 0.212. The van der Waals surface area contributed by atoms with E-state index in [0.717, 1.165) is 31.5 Å². The molecule has 1 unspecified atom stereocenters. The molecule has 0 bridgehead atoms. The van der Waals surface area contributed by atoms with Gasteiger partial charge in [-0.1, -0.05) is 6.07 Å². The third-order valence-corrected chi connectivity index (χ3v) is 3.93. The van der Waals surface area contributed by atoms with Crippen molar-refractivity contribution in [2.24, 2.45) is 0 Å². The van der Waals surface area contributed by atoms with Crippen molar-refractivity contribution in [2.45, 2.75) is 44.8 Å². The van der Waals surface area contributed by atoms with Gasteiger partial charge in [0.2, 0.25) is 5.91 Å². The van der Waals surface area contributed by atoms with Crippen molar-refractivity contribution in [2.75, 3.05) is 11.9 Å². The molecule has 1 saturated heterocycles. The fraction of sp³-hybridized carbons (Fsp3) is 0.533. The molecule has 0 aromatic heterocycles. The minimum atomic E-state index is -4.42. The second kappa shape index (κ2) is 5.67. The van der Waals surface area contributed by atoms with Crippen LogP contribution in [-0.4, -0.2) is 18.0 Å². The molecule has 0 radical (unpaired) electrons. The molecular weight excluding hydrogens is 281 g/mol. The molecule has 3 nitrogen and oxygen atoms in total. The van der Waals surface area contributed by atoms with E-state index in [9.17, 15) is 18.0 Å². The van der Waals surface area contributed by atoms with Crippen molar-refractivity contribution >= 4 is 11.6 Å². The smallest absolute Gasteiger partial charge is 0.324 e. The molecule has 0 aliphatic carbocycles. The Labute approximate surface area is 121 Å². The number of piperidine rings is 1. The number of aryl methyl sites for hydroxylation is 1. The van der Waals surface area contributed by atoms with Crippen molar-refractivity contribution in [3.05, 3.63) is 29.3 Å². The van der Waals surface area contributed by atoms with Crippen LogP contribution < -0.4 is 10.6 Å². The lowest BCUT2D eigenvalue weighted by Crippen LogP contribution is -2.54. The zero-order valence-electron chi connectivity index (χ0n) is 12.1. The van der Waals surface area contributed by atoms with E-state index < -0.39 is 17.3 Å². The maximum Gasteiger partial charge on any atom is 0.416 e. The van der Waals surface area contributed by atoms with Crippen molar-refractivity contribution in [1.82, 2.24) is 5.32 Å². The number of amides is 1. The number of hydrogen-bond donors (Lipinski definition) is 2. The molecule has 1 amide bonds. The Bertz CT molecular complexity index is 534. The summed E-state index contributed by atoms with van der Waals surface area (Å²) in [5.74, 6) is -0.287. The Morgan fingerprint density at radius 2 is 2.05 bits per heavy atom. The van der Waals surface area contributed by atoms with Crippen molar-refractivity contribution < 1.29 is 18.0 Å². The molecule has 0 spiro atoms. The highest BCUT2D eigenvalue weighted by atomic mass is 19.4. The molecule has 2 N–H and O–H groups in total. The molecule has 0 saturated carbocycles. The van der Waals surface area contributed by atoms with Gasteiger partial charge in [0.05, 0.1) is 11.1 Å². The highest BCUT2D eigenvalue weighted by molar-refractivity contribution is 5.98. The molecular formula is C15H19F3N2O. The number of benzene rings is 1. The molecule has 1 aliphatic heterocycles. The topological polar surface area (TPSA) is 41.1 Å². The van der Waals surface area contributed by atoms with E-state index in [0.29, 0.717) is 12.0 Å². The van der Waals surface area contributed by atoms with Gasteiger partial charge >= 0.3 is 6.18 Å². The summed E-state index contributed by atoms with van der Waals surface area (Å²) in [5, 5.41) is 5.78. The fourth-order valence-electron chi connectivity index (χ4n) is 2.44. The van der Waals surface area contributed by atoms with E-state index in [1.165, 1.54) is 6.07 Å². The Balaban J connectivity index is 2.20. The molecule has 21 heavy (non-hydrogen) atoms. The van der Waals surface area contributed by atoms with Crippen molar-refractivity contribution in [1.29, 1.82) is 0 Å². The Morgan fingerprint density at radius 3 is 2.62 bits per heavy atom. The minimum Gasteiger partial charge on any atom is -0.324 e. The van der Waals surface area contributed by atoms with Crippen molar-refractivity contribution in [3.8, 4) is 0 Å². The highest BCUT2D eigenvalue weighted by Crippen LogP contribution is 2.32. The maximum atomic E-state index is 12.7. The van der Waals surface area contributed by atoms with Crippen LogP contribution in [0, 0.1) is 6.92 Å². The molecule has 6 heteroatoms. The Kier molecular flexibility index (Phi) is 4.27. The van der Waals surface area contributed by atoms with Gasteiger partial charge in [0.1, 0.15) is 0 Å². The lowest BCUT2D eigenvalue weighted by Gasteiger charge is -2.33. The van der Waals surface area contributed by atoms with E-state index >= 15 is 0 Å². The summed E-state index contributed by atoms with van der Waals surface area (Å²) in [6.45, 7) is 4.20. The number of nitrogens with one attached hydrogen (secondary N) is 2. The first-order valence-corrected chi connectivity index (χ1v) is 6.97. The number of carbonyl (C=O) groups is 1.